The fourth-order valence-corrected chi connectivity index (χ4v) is 3.15. The number of hydrogen-bond acceptors (Lipinski definition) is 4. The molecular weight excluding hydrogens is 246 g/mol. The molecule has 0 bridgehead atoms. The van der Waals surface area contributed by atoms with Crippen molar-refractivity contribution in [1.82, 2.24) is 15.3 Å². The van der Waals surface area contributed by atoms with Gasteiger partial charge in [0.15, 0.2) is 0 Å². The second-order valence-electron chi connectivity index (χ2n) is 4.92. The van der Waals surface area contributed by atoms with Crippen LogP contribution < -0.4 is 10.9 Å². The number of thiophene rings is 1. The van der Waals surface area contributed by atoms with E-state index in [0.717, 1.165) is 17.3 Å². The molecular formula is C13H17N3OS. The fourth-order valence-electron chi connectivity index (χ4n) is 2.42. The molecule has 2 atom stereocenters. The molecule has 2 aromatic rings. The Hall–Kier alpha value is -1.20. The van der Waals surface area contributed by atoms with Crippen molar-refractivity contribution in [2.75, 3.05) is 0 Å². The molecule has 0 aliphatic heterocycles. The quantitative estimate of drug-likeness (QED) is 0.870. The summed E-state index contributed by atoms with van der Waals surface area (Å²) in [6, 6.07) is 2.52. The van der Waals surface area contributed by atoms with Crippen LogP contribution in [0, 0.1) is 5.92 Å². The van der Waals surface area contributed by atoms with E-state index in [1.807, 2.05) is 11.4 Å². The smallest absolute Gasteiger partial charge is 0.268 e. The Morgan fingerprint density at radius 1 is 1.61 bits per heavy atom. The molecule has 5 heteroatoms. The standard InChI is InChI=1S/C13H17N3OS/c1-2-3-8-6-10(8)14-7-11-15-9-4-5-18-12(9)13(17)16-11/h4-5,8,10,14H,2-3,6-7H2,1H3,(H,15,16,17). The lowest BCUT2D eigenvalue weighted by molar-refractivity contribution is 0.587. The first-order chi connectivity index (χ1) is 8.78. The Bertz CT molecular complexity index is 604. The van der Waals surface area contributed by atoms with Crippen LogP contribution in [0.15, 0.2) is 16.2 Å². The minimum Gasteiger partial charge on any atom is -0.308 e. The SMILES string of the molecule is CCCC1CC1NCc1nc2ccsc2c(=O)[nH]1. The zero-order valence-corrected chi connectivity index (χ0v) is 11.2. The molecule has 0 aromatic carbocycles. The van der Waals surface area contributed by atoms with Crippen LogP contribution in [0.1, 0.15) is 32.0 Å². The van der Waals surface area contributed by atoms with Crippen molar-refractivity contribution in [3.05, 3.63) is 27.6 Å². The van der Waals surface area contributed by atoms with Gasteiger partial charge in [0.1, 0.15) is 10.5 Å². The van der Waals surface area contributed by atoms with Crippen molar-refractivity contribution in [3.63, 3.8) is 0 Å². The van der Waals surface area contributed by atoms with Gasteiger partial charge in [-0.05, 0) is 30.2 Å². The Morgan fingerprint density at radius 3 is 3.33 bits per heavy atom. The van der Waals surface area contributed by atoms with Gasteiger partial charge in [-0.3, -0.25) is 4.79 Å². The van der Waals surface area contributed by atoms with Crippen molar-refractivity contribution in [2.24, 2.45) is 5.92 Å². The van der Waals surface area contributed by atoms with Gasteiger partial charge < -0.3 is 10.3 Å². The highest BCUT2D eigenvalue weighted by Crippen LogP contribution is 2.34. The highest BCUT2D eigenvalue weighted by atomic mass is 32.1. The molecule has 3 rings (SSSR count). The molecule has 2 unspecified atom stereocenters. The minimum atomic E-state index is -0.0206. The molecule has 2 heterocycles. The van der Waals surface area contributed by atoms with Crippen LogP contribution in [0.4, 0.5) is 0 Å². The van der Waals surface area contributed by atoms with E-state index in [4.69, 9.17) is 0 Å². The first kappa shape index (κ1) is 11.9. The van der Waals surface area contributed by atoms with E-state index in [2.05, 4.69) is 22.2 Å². The van der Waals surface area contributed by atoms with E-state index in [1.54, 1.807) is 0 Å². The summed E-state index contributed by atoms with van der Waals surface area (Å²) in [7, 11) is 0. The van der Waals surface area contributed by atoms with E-state index in [1.165, 1.54) is 30.6 Å². The summed E-state index contributed by atoms with van der Waals surface area (Å²) >= 11 is 1.44. The summed E-state index contributed by atoms with van der Waals surface area (Å²) in [6.07, 6.45) is 3.81. The van der Waals surface area contributed by atoms with Crippen molar-refractivity contribution in [3.8, 4) is 0 Å². The van der Waals surface area contributed by atoms with E-state index >= 15 is 0 Å². The normalized spacial score (nSPS) is 22.5. The maximum atomic E-state index is 11.8. The van der Waals surface area contributed by atoms with Crippen LogP contribution in [-0.4, -0.2) is 16.0 Å². The lowest BCUT2D eigenvalue weighted by Gasteiger charge is -2.03. The Kier molecular flexibility index (Phi) is 3.18. The summed E-state index contributed by atoms with van der Waals surface area (Å²) in [5.74, 6) is 1.57. The van der Waals surface area contributed by atoms with Gasteiger partial charge in [0.25, 0.3) is 5.56 Å². The van der Waals surface area contributed by atoms with Crippen LogP contribution in [-0.2, 0) is 6.54 Å². The van der Waals surface area contributed by atoms with Crippen LogP contribution >= 0.6 is 11.3 Å². The van der Waals surface area contributed by atoms with Gasteiger partial charge >= 0.3 is 0 Å². The van der Waals surface area contributed by atoms with Gasteiger partial charge in [-0.25, -0.2) is 4.98 Å². The van der Waals surface area contributed by atoms with Gasteiger partial charge in [0.05, 0.1) is 12.1 Å². The fraction of sp³-hybridized carbons (Fsp3) is 0.538. The number of hydrogen-bond donors (Lipinski definition) is 2. The number of nitrogens with one attached hydrogen (secondary N) is 2. The van der Waals surface area contributed by atoms with Crippen molar-refractivity contribution in [1.29, 1.82) is 0 Å². The summed E-state index contributed by atoms with van der Waals surface area (Å²) in [5, 5.41) is 5.37. The first-order valence-corrected chi connectivity index (χ1v) is 7.35. The Morgan fingerprint density at radius 2 is 2.50 bits per heavy atom. The highest BCUT2D eigenvalue weighted by molar-refractivity contribution is 7.17. The third kappa shape index (κ3) is 2.33. The van der Waals surface area contributed by atoms with E-state index in [0.29, 0.717) is 17.3 Å². The second-order valence-corrected chi connectivity index (χ2v) is 5.84. The molecule has 96 valence electrons. The summed E-state index contributed by atoms with van der Waals surface area (Å²) in [6.45, 7) is 2.88. The number of aromatic amines is 1. The molecule has 2 aromatic heterocycles. The highest BCUT2D eigenvalue weighted by Gasteiger charge is 2.35. The number of rotatable bonds is 5. The monoisotopic (exact) mass is 263 g/mol. The Balaban J connectivity index is 1.66. The molecule has 0 amide bonds. The van der Waals surface area contributed by atoms with Crippen molar-refractivity contribution in [2.45, 2.75) is 38.8 Å². The lowest BCUT2D eigenvalue weighted by Crippen LogP contribution is -2.21. The molecule has 0 radical (unpaired) electrons. The predicted molar refractivity (Wildman–Crippen MR) is 73.9 cm³/mol. The van der Waals surface area contributed by atoms with E-state index < -0.39 is 0 Å². The second kappa shape index (κ2) is 4.82. The largest absolute Gasteiger partial charge is 0.308 e. The molecule has 1 fully saturated rings. The van der Waals surface area contributed by atoms with Gasteiger partial charge in [-0.1, -0.05) is 13.3 Å². The minimum absolute atomic E-state index is 0.0206. The summed E-state index contributed by atoms with van der Waals surface area (Å²) in [5.41, 5.74) is 0.786. The number of fused-ring (bicyclic) bond motifs is 1. The molecule has 4 nitrogen and oxygen atoms in total. The zero-order chi connectivity index (χ0) is 12.5. The molecule has 18 heavy (non-hydrogen) atoms. The van der Waals surface area contributed by atoms with E-state index in [9.17, 15) is 4.79 Å². The molecule has 0 spiro atoms. The van der Waals surface area contributed by atoms with Gasteiger partial charge in [0, 0.05) is 6.04 Å². The number of H-pyrrole nitrogens is 1. The van der Waals surface area contributed by atoms with Crippen molar-refractivity contribution >= 4 is 21.6 Å². The average Bonchev–Trinajstić information content (AvgIpc) is 2.90. The van der Waals surface area contributed by atoms with Crippen LogP contribution in [0.3, 0.4) is 0 Å². The number of nitrogens with zero attached hydrogens (tertiary/aromatic N) is 1. The van der Waals surface area contributed by atoms with E-state index in [-0.39, 0.29) is 5.56 Å². The molecule has 0 saturated heterocycles. The predicted octanol–water partition coefficient (Wildman–Crippen LogP) is 2.26. The zero-order valence-electron chi connectivity index (χ0n) is 10.4. The summed E-state index contributed by atoms with van der Waals surface area (Å²) in [4.78, 5) is 19.1. The Labute approximate surface area is 109 Å². The molecule has 1 aliphatic carbocycles. The maximum absolute atomic E-state index is 11.8. The van der Waals surface area contributed by atoms with Gasteiger partial charge in [-0.15, -0.1) is 11.3 Å². The number of aromatic nitrogens is 2. The average molecular weight is 263 g/mol. The van der Waals surface area contributed by atoms with Crippen LogP contribution in [0.25, 0.3) is 10.2 Å². The third-order valence-corrected chi connectivity index (χ3v) is 4.38. The maximum Gasteiger partial charge on any atom is 0.268 e. The molecule has 1 aliphatic rings. The van der Waals surface area contributed by atoms with Crippen LogP contribution in [0.5, 0.6) is 0 Å². The summed E-state index contributed by atoms with van der Waals surface area (Å²) < 4.78 is 0.717. The van der Waals surface area contributed by atoms with Gasteiger partial charge in [-0.2, -0.15) is 0 Å². The first-order valence-electron chi connectivity index (χ1n) is 6.47. The lowest BCUT2D eigenvalue weighted by atomic mass is 10.2. The topological polar surface area (TPSA) is 57.8 Å². The molecule has 1 saturated carbocycles. The third-order valence-electron chi connectivity index (χ3n) is 3.48. The van der Waals surface area contributed by atoms with Gasteiger partial charge in [0.2, 0.25) is 0 Å². The molecule has 2 N–H and O–H groups in total. The van der Waals surface area contributed by atoms with Crippen LogP contribution in [0.2, 0.25) is 0 Å². The van der Waals surface area contributed by atoms with Crippen molar-refractivity contribution < 1.29 is 0 Å².